The summed E-state index contributed by atoms with van der Waals surface area (Å²) in [6, 6.07) is 41.5. The molecule has 0 spiro atoms. The van der Waals surface area contributed by atoms with Crippen LogP contribution in [-0.4, -0.2) is 37.1 Å². The average molecular weight is 707 g/mol. The van der Waals surface area contributed by atoms with Crippen LogP contribution in [0.25, 0.3) is 44.6 Å². The zero-order valence-corrected chi connectivity index (χ0v) is 30.5. The van der Waals surface area contributed by atoms with Crippen LogP contribution >= 0.6 is 0 Å². The molecule has 0 aliphatic carbocycles. The predicted molar refractivity (Wildman–Crippen MR) is 192 cm³/mol. The summed E-state index contributed by atoms with van der Waals surface area (Å²) in [5.41, 5.74) is 5.90. The minimum atomic E-state index is -4.44. The van der Waals surface area contributed by atoms with Gasteiger partial charge < -0.3 is 24.0 Å². The molecule has 0 saturated heterocycles. The Morgan fingerprint density at radius 1 is 0.686 bits per heavy atom. The Morgan fingerprint density at radius 2 is 1.22 bits per heavy atom. The van der Waals surface area contributed by atoms with Crippen molar-refractivity contribution < 1.29 is 61.0 Å². The number of para-hydroxylation sites is 2. The molecule has 2 N–H and O–H groups in total. The van der Waals surface area contributed by atoms with Crippen LogP contribution in [0.3, 0.4) is 0 Å². The molecule has 2 amide bonds. The molecule has 250 valence electrons. The molecule has 9 nitrogen and oxygen atoms in total. The Labute approximate surface area is 316 Å². The maximum Gasteiger partial charge on any atom is 1.00 e. The van der Waals surface area contributed by atoms with Crippen molar-refractivity contribution in [2.75, 3.05) is 17.6 Å². The summed E-state index contributed by atoms with van der Waals surface area (Å²) in [5.74, 6) is -0.521. The van der Waals surface area contributed by atoms with Crippen LogP contribution in [-0.2, 0) is 21.3 Å². The smallest absolute Gasteiger partial charge is 0.748 e. The van der Waals surface area contributed by atoms with Crippen molar-refractivity contribution in [2.45, 2.75) is 12.3 Å². The molecule has 7 rings (SSSR count). The quantitative estimate of drug-likeness (QED) is 0.146. The normalized spacial score (nSPS) is 11.9. The van der Waals surface area contributed by atoms with E-state index in [0.29, 0.717) is 17.7 Å². The van der Waals surface area contributed by atoms with Gasteiger partial charge in [0.2, 0.25) is 5.91 Å². The fraction of sp³-hybridized carbons (Fsp3) is 0.100. The zero-order valence-electron chi connectivity index (χ0n) is 27.7. The van der Waals surface area contributed by atoms with Gasteiger partial charge >= 0.3 is 29.6 Å². The van der Waals surface area contributed by atoms with Crippen molar-refractivity contribution in [3.63, 3.8) is 0 Å². The molecular formula is C40H31N2NaO7S. The number of hydrogen-bond acceptors (Lipinski definition) is 7. The second-order valence-corrected chi connectivity index (χ2v) is 13.5. The second-order valence-electron chi connectivity index (χ2n) is 12.0. The van der Waals surface area contributed by atoms with E-state index in [0.717, 1.165) is 55.7 Å². The first-order valence-electron chi connectivity index (χ1n) is 16.0. The van der Waals surface area contributed by atoms with Gasteiger partial charge in [0.25, 0.3) is 5.91 Å². The number of carbonyl (C=O) groups excluding carboxylic acids is 2. The van der Waals surface area contributed by atoms with E-state index in [1.54, 1.807) is 24.3 Å². The van der Waals surface area contributed by atoms with E-state index in [4.69, 9.17) is 8.83 Å². The minimum Gasteiger partial charge on any atom is -0.748 e. The van der Waals surface area contributed by atoms with E-state index in [2.05, 4.69) is 10.6 Å². The average Bonchev–Trinajstić information content (AvgIpc) is 3.76. The van der Waals surface area contributed by atoms with Crippen molar-refractivity contribution in [1.29, 1.82) is 0 Å². The van der Waals surface area contributed by atoms with Gasteiger partial charge in [-0.1, -0.05) is 72.8 Å². The van der Waals surface area contributed by atoms with Gasteiger partial charge in [0, 0.05) is 39.7 Å². The molecule has 2 aromatic heterocycles. The van der Waals surface area contributed by atoms with E-state index in [1.807, 2.05) is 109 Å². The molecule has 0 saturated carbocycles. The second kappa shape index (κ2) is 15.5. The van der Waals surface area contributed by atoms with Crippen LogP contribution in [0.15, 0.2) is 142 Å². The van der Waals surface area contributed by atoms with Gasteiger partial charge in [-0.25, -0.2) is 8.42 Å². The molecule has 0 radical (unpaired) electrons. The summed E-state index contributed by atoms with van der Waals surface area (Å²) >= 11 is 0. The molecule has 7 aromatic rings. The summed E-state index contributed by atoms with van der Waals surface area (Å²) in [5, 5.41) is 7.52. The van der Waals surface area contributed by atoms with Crippen molar-refractivity contribution >= 4 is 49.6 Å². The SMILES string of the molecule is O=C(NCCS(=O)(=O)[O-])c1ccc(CC(C(=O)Nc2ccc(-c3cc4ccccc4o3)cc2)c2ccc(-c3cc4ccccc4o3)cc2)cc1.[Na+]. The third-order valence-electron chi connectivity index (χ3n) is 8.50. The molecule has 0 bridgehead atoms. The van der Waals surface area contributed by atoms with E-state index in [1.165, 1.54) is 0 Å². The molecule has 11 heteroatoms. The Kier molecular flexibility index (Phi) is 10.9. The number of hydrogen-bond donors (Lipinski definition) is 2. The first-order valence-corrected chi connectivity index (χ1v) is 17.6. The molecule has 0 fully saturated rings. The molecule has 2 heterocycles. The van der Waals surface area contributed by atoms with Gasteiger partial charge in [0.15, 0.2) is 0 Å². The Hall–Kier alpha value is -4.97. The van der Waals surface area contributed by atoms with Crippen molar-refractivity contribution in [3.8, 4) is 22.6 Å². The number of amides is 2. The Bertz CT molecular complexity index is 2350. The topological polar surface area (TPSA) is 142 Å². The van der Waals surface area contributed by atoms with E-state index in [-0.39, 0.29) is 42.0 Å². The van der Waals surface area contributed by atoms with Gasteiger partial charge in [-0.05, 0) is 78.2 Å². The monoisotopic (exact) mass is 706 g/mol. The predicted octanol–water partition coefficient (Wildman–Crippen LogP) is 4.76. The molecule has 0 aliphatic rings. The van der Waals surface area contributed by atoms with Gasteiger partial charge in [-0.15, -0.1) is 0 Å². The third kappa shape index (κ3) is 8.68. The largest absolute Gasteiger partial charge is 1.00 e. The van der Waals surface area contributed by atoms with Crippen LogP contribution in [0.1, 0.15) is 27.4 Å². The van der Waals surface area contributed by atoms with Crippen molar-refractivity contribution in [2.24, 2.45) is 0 Å². The van der Waals surface area contributed by atoms with Crippen LogP contribution in [0.5, 0.6) is 0 Å². The number of anilines is 1. The van der Waals surface area contributed by atoms with Gasteiger partial charge in [0.05, 0.1) is 21.8 Å². The number of carbonyl (C=O) groups is 2. The third-order valence-corrected chi connectivity index (χ3v) is 9.20. The standard InChI is InChI=1S/C40H32N2O7S.Na/c43-39(41-21-22-50(45,46)47)30-11-9-26(10-12-30)23-34(27-13-15-28(16-14-27)37-24-31-5-1-3-7-35(31)48-37)40(44)42-33-19-17-29(18-20-33)38-25-32-6-2-4-8-36(32)49-38;/h1-20,24-25,34H,21-23H2,(H,41,43)(H,42,44)(H,45,46,47);/q;+1/p-1. The van der Waals surface area contributed by atoms with Gasteiger partial charge in [-0.3, -0.25) is 9.59 Å². The fourth-order valence-corrected chi connectivity index (χ4v) is 6.21. The van der Waals surface area contributed by atoms with Crippen LogP contribution in [0, 0.1) is 0 Å². The van der Waals surface area contributed by atoms with E-state index in [9.17, 15) is 22.6 Å². The maximum absolute atomic E-state index is 13.9. The van der Waals surface area contributed by atoms with Gasteiger partial charge in [0.1, 0.15) is 22.7 Å². The summed E-state index contributed by atoms with van der Waals surface area (Å²) in [7, 11) is -4.44. The van der Waals surface area contributed by atoms with Crippen molar-refractivity contribution in [1.82, 2.24) is 5.32 Å². The summed E-state index contributed by atoms with van der Waals surface area (Å²) in [6.45, 7) is -0.280. The summed E-state index contributed by atoms with van der Waals surface area (Å²) in [6.07, 6.45) is 0.337. The summed E-state index contributed by atoms with van der Waals surface area (Å²) < 4.78 is 44.6. The van der Waals surface area contributed by atoms with Crippen molar-refractivity contribution in [3.05, 3.63) is 150 Å². The first-order chi connectivity index (χ1) is 24.2. The Morgan fingerprint density at radius 3 is 1.75 bits per heavy atom. The molecule has 51 heavy (non-hydrogen) atoms. The van der Waals surface area contributed by atoms with Crippen LogP contribution in [0.2, 0.25) is 0 Å². The number of nitrogens with one attached hydrogen (secondary N) is 2. The Balaban J connectivity index is 0.00000448. The first kappa shape index (κ1) is 35.8. The van der Waals surface area contributed by atoms with Crippen LogP contribution in [0.4, 0.5) is 5.69 Å². The number of furan rings is 2. The molecule has 1 atom stereocenters. The van der Waals surface area contributed by atoms with E-state index >= 15 is 0 Å². The minimum absolute atomic E-state index is 0. The number of fused-ring (bicyclic) bond motifs is 2. The maximum atomic E-state index is 13.9. The summed E-state index contributed by atoms with van der Waals surface area (Å²) in [4.78, 5) is 26.4. The molecule has 5 aromatic carbocycles. The number of rotatable bonds is 11. The molecule has 1 unspecified atom stereocenters. The fourth-order valence-electron chi connectivity index (χ4n) is 5.86. The van der Waals surface area contributed by atoms with Gasteiger partial charge in [-0.2, -0.15) is 0 Å². The van der Waals surface area contributed by atoms with E-state index < -0.39 is 27.7 Å². The van der Waals surface area contributed by atoms with Crippen LogP contribution < -0.4 is 40.2 Å². The zero-order chi connectivity index (χ0) is 34.7. The molecular weight excluding hydrogens is 676 g/mol. The number of benzene rings is 5. The molecule has 0 aliphatic heterocycles.